The van der Waals surface area contributed by atoms with E-state index in [4.69, 9.17) is 5.21 Å². The third kappa shape index (κ3) is 3.18. The number of sulfonamides is 1. The van der Waals surface area contributed by atoms with Crippen molar-refractivity contribution in [1.29, 1.82) is 0 Å². The summed E-state index contributed by atoms with van der Waals surface area (Å²) in [4.78, 5) is 12.1. The number of thiophene rings is 1. The second kappa shape index (κ2) is 6.85. The number of halogens is 2. The van der Waals surface area contributed by atoms with E-state index in [1.807, 2.05) is 24.3 Å². The minimum Gasteiger partial charge on any atom is -0.289 e. The molecule has 1 aliphatic rings. The quantitative estimate of drug-likeness (QED) is 0.506. The molecule has 0 fully saturated rings. The Morgan fingerprint density at radius 1 is 1.29 bits per heavy atom. The summed E-state index contributed by atoms with van der Waals surface area (Å²) in [6, 6.07) is 7.85. The molecule has 0 bridgehead atoms. The highest BCUT2D eigenvalue weighted by molar-refractivity contribution is 9.13. The Labute approximate surface area is 159 Å². The molecule has 0 spiro atoms. The molecular formula is C14H12Br2N2O4S2. The van der Waals surface area contributed by atoms with Crippen molar-refractivity contribution in [3.63, 3.8) is 0 Å². The number of amides is 1. The Morgan fingerprint density at radius 2 is 1.96 bits per heavy atom. The summed E-state index contributed by atoms with van der Waals surface area (Å²) in [7, 11) is -3.89. The molecule has 128 valence electrons. The van der Waals surface area contributed by atoms with Crippen LogP contribution in [-0.4, -0.2) is 29.9 Å². The van der Waals surface area contributed by atoms with Crippen LogP contribution in [0.1, 0.15) is 11.1 Å². The van der Waals surface area contributed by atoms with Crippen molar-refractivity contribution in [2.75, 3.05) is 0 Å². The first kappa shape index (κ1) is 18.0. The number of hydrogen-bond donors (Lipinski definition) is 2. The number of fused-ring (bicyclic) bond motifs is 1. The molecule has 0 saturated carbocycles. The fraction of sp³-hybridized carbons (Fsp3) is 0.214. The van der Waals surface area contributed by atoms with E-state index in [0.29, 0.717) is 8.26 Å². The lowest BCUT2D eigenvalue weighted by Crippen LogP contribution is -2.51. The van der Waals surface area contributed by atoms with Crippen LogP contribution in [-0.2, 0) is 27.8 Å². The van der Waals surface area contributed by atoms with E-state index in [0.717, 1.165) is 26.8 Å². The number of hydroxylamine groups is 1. The number of benzene rings is 1. The average Bonchev–Trinajstić information content (AvgIpc) is 2.92. The fourth-order valence-corrected chi connectivity index (χ4v) is 7.13. The van der Waals surface area contributed by atoms with Crippen LogP contribution in [0, 0.1) is 0 Å². The molecule has 1 aromatic carbocycles. The van der Waals surface area contributed by atoms with Crippen LogP contribution in [0.4, 0.5) is 0 Å². The van der Waals surface area contributed by atoms with Crippen LogP contribution in [0.25, 0.3) is 0 Å². The Bertz CT molecular complexity index is 878. The Morgan fingerprint density at radius 3 is 2.54 bits per heavy atom. The van der Waals surface area contributed by atoms with Gasteiger partial charge in [0.1, 0.15) is 10.3 Å². The van der Waals surface area contributed by atoms with Crippen molar-refractivity contribution in [2.24, 2.45) is 0 Å². The number of nitrogens with zero attached hydrogens (tertiary/aromatic N) is 1. The van der Waals surface area contributed by atoms with E-state index in [-0.39, 0.29) is 17.2 Å². The number of rotatable bonds is 3. The lowest BCUT2D eigenvalue weighted by Gasteiger charge is -2.34. The van der Waals surface area contributed by atoms with Gasteiger partial charge in [0.05, 0.1) is 3.79 Å². The van der Waals surface area contributed by atoms with E-state index in [1.165, 1.54) is 6.07 Å². The van der Waals surface area contributed by atoms with Gasteiger partial charge in [0.25, 0.3) is 15.9 Å². The Balaban J connectivity index is 2.07. The predicted molar refractivity (Wildman–Crippen MR) is 96.3 cm³/mol. The molecule has 10 heteroatoms. The highest BCUT2D eigenvalue weighted by atomic mass is 79.9. The average molecular weight is 496 g/mol. The van der Waals surface area contributed by atoms with Crippen LogP contribution in [0.15, 0.2) is 42.8 Å². The van der Waals surface area contributed by atoms with E-state index in [9.17, 15) is 13.2 Å². The topological polar surface area (TPSA) is 86.7 Å². The maximum atomic E-state index is 13.0. The van der Waals surface area contributed by atoms with Crippen LogP contribution in [0.2, 0.25) is 0 Å². The molecule has 0 radical (unpaired) electrons. The van der Waals surface area contributed by atoms with Gasteiger partial charge in [-0.2, -0.15) is 4.31 Å². The Kier molecular flexibility index (Phi) is 5.14. The SMILES string of the molecule is O=C(NO)[C@H]1Cc2ccccc2CN1S(=O)(=O)c1cc(Br)c(Br)s1. The van der Waals surface area contributed by atoms with Gasteiger partial charge in [0, 0.05) is 11.0 Å². The maximum Gasteiger partial charge on any atom is 0.262 e. The molecule has 2 N–H and O–H groups in total. The first-order chi connectivity index (χ1) is 11.3. The van der Waals surface area contributed by atoms with E-state index < -0.39 is 22.0 Å². The van der Waals surface area contributed by atoms with Gasteiger partial charge in [-0.25, -0.2) is 13.9 Å². The number of carbonyl (C=O) groups is 1. The second-order valence-electron chi connectivity index (χ2n) is 5.20. The number of nitrogens with one attached hydrogen (secondary N) is 1. The van der Waals surface area contributed by atoms with Crippen LogP contribution in [0.3, 0.4) is 0 Å². The third-order valence-electron chi connectivity index (χ3n) is 3.80. The van der Waals surface area contributed by atoms with Gasteiger partial charge in [-0.05, 0) is 55.5 Å². The molecule has 0 aliphatic carbocycles. The first-order valence-corrected chi connectivity index (χ1v) is 10.7. The van der Waals surface area contributed by atoms with Crippen molar-refractivity contribution in [3.8, 4) is 0 Å². The maximum absolute atomic E-state index is 13.0. The standard InChI is InChI=1S/C14H12Br2N2O4S2/c15-10-6-12(23-13(10)16)24(21,22)18-7-9-4-2-1-3-8(9)5-11(18)14(19)17-20/h1-4,6,11,20H,5,7H2,(H,17,19)/t11-/m1/s1. The monoisotopic (exact) mass is 494 g/mol. The number of carbonyl (C=O) groups excluding carboxylic acids is 1. The van der Waals surface area contributed by atoms with Crippen LogP contribution >= 0.6 is 43.2 Å². The predicted octanol–water partition coefficient (Wildman–Crippen LogP) is 2.89. The largest absolute Gasteiger partial charge is 0.289 e. The molecule has 1 atom stereocenters. The first-order valence-electron chi connectivity index (χ1n) is 6.82. The molecule has 6 nitrogen and oxygen atoms in total. The molecule has 1 aliphatic heterocycles. The summed E-state index contributed by atoms with van der Waals surface area (Å²) < 4.78 is 28.6. The normalized spacial score (nSPS) is 18.2. The fourth-order valence-electron chi connectivity index (χ4n) is 2.62. The van der Waals surface area contributed by atoms with Gasteiger partial charge in [-0.1, -0.05) is 24.3 Å². The van der Waals surface area contributed by atoms with Gasteiger partial charge < -0.3 is 0 Å². The zero-order valence-electron chi connectivity index (χ0n) is 12.1. The molecule has 1 amide bonds. The lowest BCUT2D eigenvalue weighted by atomic mass is 9.95. The molecule has 2 aromatic rings. The Hall–Kier alpha value is -0.780. The second-order valence-corrected chi connectivity index (χ2v) is 10.5. The summed E-state index contributed by atoms with van der Waals surface area (Å²) in [5.74, 6) is -0.747. The van der Waals surface area contributed by atoms with Crippen molar-refractivity contribution in [1.82, 2.24) is 9.79 Å². The molecule has 1 aromatic heterocycles. The minimum atomic E-state index is -3.89. The zero-order chi connectivity index (χ0) is 17.5. The van der Waals surface area contributed by atoms with Gasteiger partial charge in [-0.3, -0.25) is 10.0 Å². The molecule has 24 heavy (non-hydrogen) atoms. The molecular weight excluding hydrogens is 484 g/mol. The van der Waals surface area contributed by atoms with Crippen molar-refractivity contribution < 1.29 is 18.4 Å². The summed E-state index contributed by atoms with van der Waals surface area (Å²) in [6.45, 7) is 0.0731. The lowest BCUT2D eigenvalue weighted by molar-refractivity contribution is -0.133. The molecule has 0 unspecified atom stereocenters. The molecule has 0 saturated heterocycles. The van der Waals surface area contributed by atoms with Crippen LogP contribution in [0.5, 0.6) is 0 Å². The summed E-state index contributed by atoms with van der Waals surface area (Å²) in [5.41, 5.74) is 3.32. The smallest absolute Gasteiger partial charge is 0.262 e. The summed E-state index contributed by atoms with van der Waals surface area (Å²) in [5, 5.41) is 9.00. The molecule has 2 heterocycles. The van der Waals surface area contributed by atoms with Crippen molar-refractivity contribution in [2.45, 2.75) is 23.2 Å². The number of hydrogen-bond acceptors (Lipinski definition) is 5. The summed E-state index contributed by atoms with van der Waals surface area (Å²) in [6.07, 6.45) is 0.204. The van der Waals surface area contributed by atoms with E-state index >= 15 is 0 Å². The minimum absolute atomic E-state index is 0.0731. The zero-order valence-corrected chi connectivity index (χ0v) is 16.9. The van der Waals surface area contributed by atoms with Crippen LogP contribution < -0.4 is 5.48 Å². The van der Waals surface area contributed by atoms with Gasteiger partial charge in [0.2, 0.25) is 0 Å². The van der Waals surface area contributed by atoms with Crippen molar-refractivity contribution in [3.05, 3.63) is 49.7 Å². The van der Waals surface area contributed by atoms with Gasteiger partial charge in [0.15, 0.2) is 0 Å². The van der Waals surface area contributed by atoms with E-state index in [2.05, 4.69) is 31.9 Å². The van der Waals surface area contributed by atoms with Crippen molar-refractivity contribution >= 4 is 59.1 Å². The highest BCUT2D eigenvalue weighted by Gasteiger charge is 2.40. The third-order valence-corrected chi connectivity index (χ3v) is 9.36. The van der Waals surface area contributed by atoms with Gasteiger partial charge >= 0.3 is 0 Å². The van der Waals surface area contributed by atoms with Gasteiger partial charge in [-0.15, -0.1) is 11.3 Å². The van der Waals surface area contributed by atoms with E-state index in [1.54, 1.807) is 5.48 Å². The summed E-state index contributed by atoms with van der Waals surface area (Å²) >= 11 is 7.63. The highest BCUT2D eigenvalue weighted by Crippen LogP contribution is 2.38. The molecule has 3 rings (SSSR count).